The minimum Gasteiger partial charge on any atom is -0.368 e. The second-order valence-electron chi connectivity index (χ2n) is 8.91. The fraction of sp³-hybridized carbons (Fsp3) is 1.00. The molecule has 0 saturated heterocycles. The van der Waals surface area contributed by atoms with Gasteiger partial charge in [-0.2, -0.15) is 0 Å². The molecule has 2 nitrogen and oxygen atoms in total. The summed E-state index contributed by atoms with van der Waals surface area (Å²) in [5.41, 5.74) is -0.202. The number of ether oxygens (including phenoxy) is 1. The molecular formula is C20H36O2. The molecule has 0 aromatic heterocycles. The number of fused-ring (bicyclic) bond motifs is 5. The largest absolute Gasteiger partial charge is 0.368 e. The van der Waals surface area contributed by atoms with Crippen molar-refractivity contribution in [1.29, 1.82) is 0 Å². The van der Waals surface area contributed by atoms with Crippen LogP contribution in [0, 0.1) is 41.4 Å². The van der Waals surface area contributed by atoms with Crippen molar-refractivity contribution in [3.8, 4) is 0 Å². The third-order valence-electron chi connectivity index (χ3n) is 7.58. The van der Waals surface area contributed by atoms with E-state index in [1.807, 2.05) is 0 Å². The molecule has 0 spiro atoms. The number of hydrogen-bond acceptors (Lipinski definition) is 2. The van der Waals surface area contributed by atoms with E-state index in [9.17, 15) is 5.11 Å². The minimum atomic E-state index is -0.552. The Hall–Kier alpha value is -0.0800. The molecule has 22 heavy (non-hydrogen) atoms. The zero-order valence-electron chi connectivity index (χ0n) is 15.2. The summed E-state index contributed by atoms with van der Waals surface area (Å²) in [6.45, 7) is 11.1. The van der Waals surface area contributed by atoms with Gasteiger partial charge in [0.15, 0.2) is 6.29 Å². The van der Waals surface area contributed by atoms with E-state index in [-0.39, 0.29) is 5.60 Å². The third-order valence-corrected chi connectivity index (χ3v) is 7.58. The molecule has 3 aliphatic carbocycles. The van der Waals surface area contributed by atoms with Gasteiger partial charge >= 0.3 is 0 Å². The lowest BCUT2D eigenvalue weighted by atomic mass is 9.70. The molecule has 0 radical (unpaired) electrons. The van der Waals surface area contributed by atoms with E-state index in [2.05, 4.69) is 34.6 Å². The average molecular weight is 309 g/mol. The summed E-state index contributed by atoms with van der Waals surface area (Å²) in [5.74, 6) is 5.67. The van der Waals surface area contributed by atoms with Crippen molar-refractivity contribution in [2.24, 2.45) is 41.4 Å². The molecule has 128 valence electrons. The Bertz CT molecular complexity index is 391. The lowest BCUT2D eigenvalue weighted by molar-refractivity contribution is -0.211. The zero-order chi connectivity index (χ0) is 16.1. The summed E-state index contributed by atoms with van der Waals surface area (Å²) in [7, 11) is 0. The Kier molecular flexibility index (Phi) is 4.64. The standard InChI is InChI=1S/C20H36O2/c1-6-12-9-13(7-2)18-15-10-14(17(12)18)11-16(15)19(21)22-20(4,5)8-3/h12-19,21H,6-11H2,1-5H3. The van der Waals surface area contributed by atoms with Gasteiger partial charge in [0.2, 0.25) is 0 Å². The molecule has 3 aliphatic rings. The van der Waals surface area contributed by atoms with Gasteiger partial charge in [0.05, 0.1) is 5.60 Å². The van der Waals surface area contributed by atoms with Gasteiger partial charge in [0, 0.05) is 5.92 Å². The van der Waals surface area contributed by atoms with Crippen molar-refractivity contribution in [3.05, 3.63) is 0 Å². The van der Waals surface area contributed by atoms with Crippen molar-refractivity contribution in [2.75, 3.05) is 0 Å². The van der Waals surface area contributed by atoms with Crippen LogP contribution in [0.1, 0.15) is 73.1 Å². The number of hydrogen-bond donors (Lipinski definition) is 1. The molecule has 0 aliphatic heterocycles. The molecule has 1 N–H and O–H groups in total. The highest BCUT2D eigenvalue weighted by molar-refractivity contribution is 5.08. The lowest BCUT2D eigenvalue weighted by Gasteiger charge is -2.39. The smallest absolute Gasteiger partial charge is 0.158 e. The van der Waals surface area contributed by atoms with Gasteiger partial charge in [-0.05, 0) is 75.0 Å². The lowest BCUT2D eigenvalue weighted by Crippen LogP contribution is -2.40. The van der Waals surface area contributed by atoms with Gasteiger partial charge < -0.3 is 9.84 Å². The molecule has 3 saturated carbocycles. The van der Waals surface area contributed by atoms with Crippen LogP contribution < -0.4 is 0 Å². The number of aliphatic hydroxyl groups excluding tert-OH is 1. The molecule has 8 atom stereocenters. The highest BCUT2D eigenvalue weighted by atomic mass is 16.6. The van der Waals surface area contributed by atoms with Crippen molar-refractivity contribution in [1.82, 2.24) is 0 Å². The molecule has 0 aromatic carbocycles. The van der Waals surface area contributed by atoms with Crippen LogP contribution in [-0.4, -0.2) is 17.0 Å². The molecule has 8 unspecified atom stereocenters. The van der Waals surface area contributed by atoms with Crippen LogP contribution in [0.25, 0.3) is 0 Å². The first kappa shape index (κ1) is 16.8. The minimum absolute atomic E-state index is 0.202. The van der Waals surface area contributed by atoms with E-state index in [1.165, 1.54) is 32.1 Å². The van der Waals surface area contributed by atoms with Crippen molar-refractivity contribution in [2.45, 2.75) is 85.0 Å². The van der Waals surface area contributed by atoms with Crippen LogP contribution in [0.2, 0.25) is 0 Å². The fourth-order valence-electron chi connectivity index (χ4n) is 6.27. The van der Waals surface area contributed by atoms with Crippen LogP contribution >= 0.6 is 0 Å². The van der Waals surface area contributed by atoms with E-state index in [0.29, 0.717) is 5.92 Å². The van der Waals surface area contributed by atoms with Gasteiger partial charge in [-0.3, -0.25) is 0 Å². The first-order valence-electron chi connectivity index (χ1n) is 9.77. The van der Waals surface area contributed by atoms with Crippen LogP contribution in [-0.2, 0) is 4.74 Å². The molecule has 0 aromatic rings. The van der Waals surface area contributed by atoms with Gasteiger partial charge in [-0.1, -0.05) is 33.6 Å². The predicted octanol–water partition coefficient (Wildman–Crippen LogP) is 4.85. The quantitative estimate of drug-likeness (QED) is 0.710. The summed E-state index contributed by atoms with van der Waals surface area (Å²) in [6, 6.07) is 0. The van der Waals surface area contributed by atoms with Crippen molar-refractivity contribution < 1.29 is 9.84 Å². The third kappa shape index (κ3) is 2.65. The van der Waals surface area contributed by atoms with Crippen LogP contribution in [0.5, 0.6) is 0 Å². The van der Waals surface area contributed by atoms with Crippen molar-refractivity contribution >= 4 is 0 Å². The normalized spacial score (nSPS) is 45.3. The maximum atomic E-state index is 10.7. The highest BCUT2D eigenvalue weighted by Crippen LogP contribution is 2.66. The van der Waals surface area contributed by atoms with Crippen molar-refractivity contribution in [3.63, 3.8) is 0 Å². The molecule has 0 heterocycles. The van der Waals surface area contributed by atoms with Gasteiger partial charge in [-0.15, -0.1) is 0 Å². The molecule has 0 amide bonds. The van der Waals surface area contributed by atoms with E-state index < -0.39 is 6.29 Å². The zero-order valence-corrected chi connectivity index (χ0v) is 15.2. The molecule has 3 rings (SSSR count). The topological polar surface area (TPSA) is 29.5 Å². The Balaban J connectivity index is 1.72. The summed E-state index contributed by atoms with van der Waals surface area (Å²) in [4.78, 5) is 0. The van der Waals surface area contributed by atoms with Crippen LogP contribution in [0.3, 0.4) is 0 Å². The molecule has 3 fully saturated rings. The molecular weight excluding hydrogens is 272 g/mol. The highest BCUT2D eigenvalue weighted by Gasteiger charge is 2.60. The van der Waals surface area contributed by atoms with Gasteiger partial charge in [0.25, 0.3) is 0 Å². The van der Waals surface area contributed by atoms with Crippen LogP contribution in [0.4, 0.5) is 0 Å². The molecule has 2 bridgehead atoms. The van der Waals surface area contributed by atoms with Gasteiger partial charge in [0.1, 0.15) is 0 Å². The second-order valence-corrected chi connectivity index (χ2v) is 8.91. The van der Waals surface area contributed by atoms with E-state index in [4.69, 9.17) is 4.74 Å². The van der Waals surface area contributed by atoms with Crippen LogP contribution in [0.15, 0.2) is 0 Å². The fourth-order valence-corrected chi connectivity index (χ4v) is 6.27. The predicted molar refractivity (Wildman–Crippen MR) is 90.3 cm³/mol. The Morgan fingerprint density at radius 3 is 2.23 bits per heavy atom. The Labute approximate surface area is 137 Å². The monoisotopic (exact) mass is 308 g/mol. The summed E-state index contributed by atoms with van der Waals surface area (Å²) >= 11 is 0. The first-order chi connectivity index (χ1) is 10.4. The van der Waals surface area contributed by atoms with E-state index in [0.717, 1.165) is 41.9 Å². The SMILES string of the molecule is CCC1CC(CC)C2C3CC(CC3C(O)OC(C)(C)CC)C12. The maximum Gasteiger partial charge on any atom is 0.158 e. The number of rotatable bonds is 6. The Morgan fingerprint density at radius 2 is 1.64 bits per heavy atom. The maximum absolute atomic E-state index is 10.7. The molecule has 2 heteroatoms. The number of aliphatic hydroxyl groups is 1. The second kappa shape index (κ2) is 6.09. The average Bonchev–Trinajstić information content (AvgIpc) is 3.16. The van der Waals surface area contributed by atoms with Gasteiger partial charge in [-0.25, -0.2) is 0 Å². The summed E-state index contributed by atoms with van der Waals surface area (Å²) < 4.78 is 6.05. The van der Waals surface area contributed by atoms with E-state index in [1.54, 1.807) is 0 Å². The summed E-state index contributed by atoms with van der Waals surface area (Å²) in [5, 5.41) is 10.7. The summed E-state index contributed by atoms with van der Waals surface area (Å²) in [6.07, 6.45) is 7.09. The van der Waals surface area contributed by atoms with E-state index >= 15 is 0 Å². The first-order valence-corrected chi connectivity index (χ1v) is 9.77. The Morgan fingerprint density at radius 1 is 1.00 bits per heavy atom.